The number of amides is 1. The molecule has 152 valence electrons. The van der Waals surface area contributed by atoms with Gasteiger partial charge in [0.1, 0.15) is 23.9 Å². The molecular weight excluding hydrogens is 383 g/mol. The predicted octanol–water partition coefficient (Wildman–Crippen LogP) is 4.24. The first-order valence-corrected chi connectivity index (χ1v) is 9.72. The predicted molar refractivity (Wildman–Crippen MR) is 112 cm³/mol. The lowest BCUT2D eigenvalue weighted by molar-refractivity contribution is -0.121. The number of hydrogen-bond acceptors (Lipinski definition) is 4. The number of para-hydroxylation sites is 2. The lowest BCUT2D eigenvalue weighted by Gasteiger charge is -2.12. The van der Waals surface area contributed by atoms with Crippen molar-refractivity contribution in [3.8, 4) is 11.6 Å². The highest BCUT2D eigenvalue weighted by molar-refractivity contribution is 5.81. The summed E-state index contributed by atoms with van der Waals surface area (Å²) in [5.74, 6) is 0.998. The van der Waals surface area contributed by atoms with Gasteiger partial charge in [0.05, 0.1) is 11.0 Å². The quantitative estimate of drug-likeness (QED) is 0.500. The Morgan fingerprint density at radius 2 is 2.00 bits per heavy atom. The molecule has 0 aliphatic carbocycles. The molecule has 4 aromatic rings. The van der Waals surface area contributed by atoms with Gasteiger partial charge in [0.25, 0.3) is 0 Å². The second kappa shape index (κ2) is 8.73. The van der Waals surface area contributed by atoms with Gasteiger partial charge in [-0.3, -0.25) is 4.79 Å². The number of nitrogens with one attached hydrogen (secondary N) is 1. The van der Waals surface area contributed by atoms with Gasteiger partial charge in [-0.2, -0.15) is 0 Å². The first kappa shape index (κ1) is 19.6. The van der Waals surface area contributed by atoms with Crippen LogP contribution in [0, 0.1) is 5.82 Å². The van der Waals surface area contributed by atoms with Crippen molar-refractivity contribution in [1.82, 2.24) is 19.9 Å². The second-order valence-electron chi connectivity index (χ2n) is 6.76. The maximum Gasteiger partial charge on any atom is 0.240 e. The summed E-state index contributed by atoms with van der Waals surface area (Å²) in [5.41, 5.74) is 2.50. The minimum absolute atomic E-state index is 0.145. The summed E-state index contributed by atoms with van der Waals surface area (Å²) in [5, 5.41) is 2.91. The molecule has 0 spiro atoms. The molecular formula is C23H21FN4O2. The number of carbonyl (C=O) groups excluding carboxylic acids is 1. The van der Waals surface area contributed by atoms with E-state index in [0.29, 0.717) is 17.2 Å². The minimum Gasteiger partial charge on any atom is -0.439 e. The van der Waals surface area contributed by atoms with E-state index in [1.165, 1.54) is 12.1 Å². The van der Waals surface area contributed by atoms with Gasteiger partial charge in [-0.1, -0.05) is 31.2 Å². The van der Waals surface area contributed by atoms with Gasteiger partial charge in [0.2, 0.25) is 11.8 Å². The minimum atomic E-state index is -0.391. The third kappa shape index (κ3) is 4.30. The summed E-state index contributed by atoms with van der Waals surface area (Å²) >= 11 is 0. The number of benzene rings is 2. The van der Waals surface area contributed by atoms with Gasteiger partial charge in [0, 0.05) is 30.8 Å². The van der Waals surface area contributed by atoms with Gasteiger partial charge < -0.3 is 14.6 Å². The molecule has 2 aromatic heterocycles. The third-order valence-corrected chi connectivity index (χ3v) is 4.69. The number of hydrogen-bond donors (Lipinski definition) is 1. The lowest BCUT2D eigenvalue weighted by atomic mass is 10.2. The number of imidazole rings is 1. The van der Waals surface area contributed by atoms with Crippen LogP contribution in [0.15, 0.2) is 66.9 Å². The molecule has 0 saturated carbocycles. The van der Waals surface area contributed by atoms with Crippen LogP contribution in [0.2, 0.25) is 0 Å². The van der Waals surface area contributed by atoms with Crippen molar-refractivity contribution in [2.75, 3.05) is 0 Å². The van der Waals surface area contributed by atoms with Crippen molar-refractivity contribution in [1.29, 1.82) is 0 Å². The summed E-state index contributed by atoms with van der Waals surface area (Å²) in [4.78, 5) is 21.4. The van der Waals surface area contributed by atoms with E-state index in [-0.39, 0.29) is 19.0 Å². The number of ether oxygens (including phenoxy) is 1. The SMILES string of the molecule is CCc1nc2ccccc2n1CC(=O)NCc1cccnc1Oc1cccc(F)c1. The molecule has 0 unspecified atom stereocenters. The van der Waals surface area contributed by atoms with E-state index in [4.69, 9.17) is 4.74 Å². The first-order chi connectivity index (χ1) is 14.6. The number of pyridine rings is 1. The molecule has 0 aliphatic heterocycles. The summed E-state index contributed by atoms with van der Waals surface area (Å²) in [6, 6.07) is 17.2. The van der Waals surface area contributed by atoms with Gasteiger partial charge in [-0.15, -0.1) is 0 Å². The molecule has 7 heteroatoms. The molecule has 0 saturated heterocycles. The normalized spacial score (nSPS) is 10.9. The summed E-state index contributed by atoms with van der Waals surface area (Å²) in [6.07, 6.45) is 2.32. The van der Waals surface area contributed by atoms with Crippen molar-refractivity contribution in [3.05, 3.63) is 84.1 Å². The van der Waals surface area contributed by atoms with Gasteiger partial charge in [-0.25, -0.2) is 14.4 Å². The fourth-order valence-corrected chi connectivity index (χ4v) is 3.26. The Morgan fingerprint density at radius 1 is 1.13 bits per heavy atom. The number of carbonyl (C=O) groups is 1. The molecule has 0 aliphatic rings. The van der Waals surface area contributed by atoms with Crippen LogP contribution in [0.1, 0.15) is 18.3 Å². The average molecular weight is 404 g/mol. The molecule has 0 bridgehead atoms. The molecule has 0 fully saturated rings. The highest BCUT2D eigenvalue weighted by atomic mass is 19.1. The van der Waals surface area contributed by atoms with Crippen molar-refractivity contribution in [3.63, 3.8) is 0 Å². The van der Waals surface area contributed by atoms with E-state index in [0.717, 1.165) is 23.3 Å². The lowest BCUT2D eigenvalue weighted by Crippen LogP contribution is -2.28. The highest BCUT2D eigenvalue weighted by Gasteiger charge is 2.13. The van der Waals surface area contributed by atoms with E-state index >= 15 is 0 Å². The number of aryl methyl sites for hydroxylation is 1. The molecule has 2 heterocycles. The van der Waals surface area contributed by atoms with Crippen LogP contribution in [0.4, 0.5) is 4.39 Å². The van der Waals surface area contributed by atoms with E-state index in [1.807, 2.05) is 41.8 Å². The Kier molecular flexibility index (Phi) is 5.70. The number of nitrogens with zero attached hydrogens (tertiary/aromatic N) is 3. The zero-order valence-corrected chi connectivity index (χ0v) is 16.5. The van der Waals surface area contributed by atoms with Crippen LogP contribution >= 0.6 is 0 Å². The van der Waals surface area contributed by atoms with Crippen molar-refractivity contribution in [2.24, 2.45) is 0 Å². The van der Waals surface area contributed by atoms with Crippen LogP contribution < -0.4 is 10.1 Å². The van der Waals surface area contributed by atoms with Crippen LogP contribution in [0.5, 0.6) is 11.6 Å². The summed E-state index contributed by atoms with van der Waals surface area (Å²) in [6.45, 7) is 2.43. The Balaban J connectivity index is 1.46. The average Bonchev–Trinajstić information content (AvgIpc) is 3.11. The summed E-state index contributed by atoms with van der Waals surface area (Å²) in [7, 11) is 0. The zero-order valence-electron chi connectivity index (χ0n) is 16.5. The maximum absolute atomic E-state index is 13.4. The zero-order chi connectivity index (χ0) is 20.9. The van der Waals surface area contributed by atoms with E-state index < -0.39 is 5.82 Å². The largest absolute Gasteiger partial charge is 0.439 e. The molecule has 0 radical (unpaired) electrons. The molecule has 1 N–H and O–H groups in total. The standard InChI is InChI=1S/C23H21FN4O2/c1-2-21-27-19-10-3-4-11-20(19)28(21)15-22(29)26-14-16-7-6-12-25-23(16)30-18-9-5-8-17(24)13-18/h3-13H,2,14-15H2,1H3,(H,26,29). The van der Waals surface area contributed by atoms with Gasteiger partial charge in [0.15, 0.2) is 0 Å². The number of rotatable bonds is 7. The van der Waals surface area contributed by atoms with Crippen molar-refractivity contribution in [2.45, 2.75) is 26.4 Å². The monoisotopic (exact) mass is 404 g/mol. The van der Waals surface area contributed by atoms with E-state index in [9.17, 15) is 9.18 Å². The molecule has 30 heavy (non-hydrogen) atoms. The van der Waals surface area contributed by atoms with E-state index in [2.05, 4.69) is 15.3 Å². The van der Waals surface area contributed by atoms with Crippen LogP contribution in [0.3, 0.4) is 0 Å². The molecule has 0 atom stereocenters. The molecule has 2 aromatic carbocycles. The fraction of sp³-hybridized carbons (Fsp3) is 0.174. The summed E-state index contributed by atoms with van der Waals surface area (Å²) < 4.78 is 21.0. The van der Waals surface area contributed by atoms with Gasteiger partial charge in [-0.05, 0) is 30.3 Å². The topological polar surface area (TPSA) is 69.0 Å². The molecule has 6 nitrogen and oxygen atoms in total. The molecule has 4 rings (SSSR count). The molecule has 1 amide bonds. The maximum atomic E-state index is 13.4. The number of halogens is 1. The number of aromatic nitrogens is 3. The second-order valence-corrected chi connectivity index (χ2v) is 6.76. The Morgan fingerprint density at radius 3 is 2.83 bits per heavy atom. The number of fused-ring (bicyclic) bond motifs is 1. The van der Waals surface area contributed by atoms with Crippen LogP contribution in [-0.4, -0.2) is 20.4 Å². The van der Waals surface area contributed by atoms with Crippen molar-refractivity contribution < 1.29 is 13.9 Å². The van der Waals surface area contributed by atoms with E-state index in [1.54, 1.807) is 24.4 Å². The smallest absolute Gasteiger partial charge is 0.240 e. The van der Waals surface area contributed by atoms with Gasteiger partial charge >= 0.3 is 0 Å². The van der Waals surface area contributed by atoms with Crippen LogP contribution in [0.25, 0.3) is 11.0 Å². The van der Waals surface area contributed by atoms with Crippen LogP contribution in [-0.2, 0) is 24.3 Å². The third-order valence-electron chi connectivity index (χ3n) is 4.69. The van der Waals surface area contributed by atoms with Crippen molar-refractivity contribution >= 4 is 16.9 Å². The Bertz CT molecular complexity index is 1190. The Hall–Kier alpha value is -3.74. The fourth-order valence-electron chi connectivity index (χ4n) is 3.26. The Labute approximate surface area is 173 Å². The first-order valence-electron chi connectivity index (χ1n) is 9.72. The highest BCUT2D eigenvalue weighted by Crippen LogP contribution is 2.23.